The van der Waals surface area contributed by atoms with Gasteiger partial charge in [-0.15, -0.1) is 0 Å². The molecule has 0 heterocycles. The van der Waals surface area contributed by atoms with Crippen LogP contribution < -0.4 is 0 Å². The molecule has 0 saturated heterocycles. The first kappa shape index (κ1) is 16.0. The van der Waals surface area contributed by atoms with Gasteiger partial charge < -0.3 is 4.74 Å². The molecule has 4 heteroatoms. The summed E-state index contributed by atoms with van der Waals surface area (Å²) in [5.41, 5.74) is 1.18. The van der Waals surface area contributed by atoms with Gasteiger partial charge >= 0.3 is 5.97 Å². The number of carbonyl (C=O) groups is 1. The summed E-state index contributed by atoms with van der Waals surface area (Å²) >= 11 is 5.89. The minimum Gasteiger partial charge on any atom is -0.469 e. The molecule has 3 atom stereocenters. The van der Waals surface area contributed by atoms with Crippen LogP contribution in [-0.4, -0.2) is 31.1 Å². The van der Waals surface area contributed by atoms with E-state index in [1.54, 1.807) is 0 Å². The lowest BCUT2D eigenvalue weighted by atomic mass is 9.99. The average molecular weight is 284 g/mol. The number of ether oxygens (including phenoxy) is 1. The van der Waals surface area contributed by atoms with E-state index in [9.17, 15) is 4.79 Å². The summed E-state index contributed by atoms with van der Waals surface area (Å²) in [7, 11) is 3.44. The summed E-state index contributed by atoms with van der Waals surface area (Å²) in [6.07, 6.45) is 0. The van der Waals surface area contributed by atoms with Crippen LogP contribution in [0.15, 0.2) is 24.3 Å². The second-order valence-corrected chi connectivity index (χ2v) is 5.38. The van der Waals surface area contributed by atoms with Gasteiger partial charge in [-0.05, 0) is 38.6 Å². The van der Waals surface area contributed by atoms with Crippen molar-refractivity contribution in [2.75, 3.05) is 14.2 Å². The molecule has 0 aliphatic rings. The highest BCUT2D eigenvalue weighted by Gasteiger charge is 2.27. The first-order valence-electron chi connectivity index (χ1n) is 6.43. The molecule has 1 rings (SSSR count). The standard InChI is InChI=1S/C15H22ClNO2/c1-10(15(18)19-5)11(2)17(4)12(3)13-6-8-14(16)9-7-13/h6-12H,1-5H3. The molecule has 1 aromatic carbocycles. The lowest BCUT2D eigenvalue weighted by Crippen LogP contribution is -2.39. The maximum absolute atomic E-state index is 11.6. The van der Waals surface area contributed by atoms with E-state index >= 15 is 0 Å². The highest BCUT2D eigenvalue weighted by molar-refractivity contribution is 6.30. The molecule has 0 saturated carbocycles. The lowest BCUT2D eigenvalue weighted by Gasteiger charge is -2.33. The number of hydrogen-bond acceptors (Lipinski definition) is 3. The van der Waals surface area contributed by atoms with E-state index in [1.807, 2.05) is 45.2 Å². The smallest absolute Gasteiger partial charge is 0.309 e. The van der Waals surface area contributed by atoms with Gasteiger partial charge in [0, 0.05) is 17.1 Å². The molecule has 0 radical (unpaired) electrons. The number of carbonyl (C=O) groups excluding carboxylic acids is 1. The Bertz CT molecular complexity index is 419. The summed E-state index contributed by atoms with van der Waals surface area (Å²) in [4.78, 5) is 13.8. The fourth-order valence-electron chi connectivity index (χ4n) is 2.06. The third kappa shape index (κ3) is 3.95. The van der Waals surface area contributed by atoms with Crippen molar-refractivity contribution in [1.82, 2.24) is 4.90 Å². The average Bonchev–Trinajstić information content (AvgIpc) is 2.44. The van der Waals surface area contributed by atoms with Crippen molar-refractivity contribution in [3.8, 4) is 0 Å². The fourth-order valence-corrected chi connectivity index (χ4v) is 2.19. The van der Waals surface area contributed by atoms with Crippen LogP contribution in [0.3, 0.4) is 0 Å². The Morgan fingerprint density at radius 1 is 1.21 bits per heavy atom. The van der Waals surface area contributed by atoms with E-state index in [2.05, 4.69) is 11.8 Å². The van der Waals surface area contributed by atoms with Gasteiger partial charge in [-0.1, -0.05) is 30.7 Å². The molecule has 106 valence electrons. The summed E-state index contributed by atoms with van der Waals surface area (Å²) in [5.74, 6) is -0.340. The summed E-state index contributed by atoms with van der Waals surface area (Å²) in [6, 6.07) is 8.10. The predicted octanol–water partition coefficient (Wildman–Crippen LogP) is 3.53. The maximum atomic E-state index is 11.6. The molecule has 0 N–H and O–H groups in total. The molecule has 3 nitrogen and oxygen atoms in total. The van der Waals surface area contributed by atoms with Crippen molar-refractivity contribution in [1.29, 1.82) is 0 Å². The predicted molar refractivity (Wildman–Crippen MR) is 78.3 cm³/mol. The number of benzene rings is 1. The second kappa shape index (κ2) is 6.92. The Balaban J connectivity index is 2.78. The highest BCUT2D eigenvalue weighted by atomic mass is 35.5. The maximum Gasteiger partial charge on any atom is 0.309 e. The van der Waals surface area contributed by atoms with Crippen LogP contribution in [0.1, 0.15) is 32.4 Å². The van der Waals surface area contributed by atoms with Crippen molar-refractivity contribution in [2.24, 2.45) is 5.92 Å². The normalized spacial score (nSPS) is 15.9. The Kier molecular flexibility index (Phi) is 5.83. The SMILES string of the molecule is COC(=O)C(C)C(C)N(C)C(C)c1ccc(Cl)cc1. The Morgan fingerprint density at radius 3 is 2.21 bits per heavy atom. The first-order valence-corrected chi connectivity index (χ1v) is 6.81. The van der Waals surface area contributed by atoms with E-state index < -0.39 is 0 Å². The molecule has 0 amide bonds. The van der Waals surface area contributed by atoms with Crippen molar-refractivity contribution in [3.63, 3.8) is 0 Å². The van der Waals surface area contributed by atoms with E-state index in [-0.39, 0.29) is 24.0 Å². The zero-order chi connectivity index (χ0) is 14.6. The molecule has 0 aliphatic heterocycles. The summed E-state index contributed by atoms with van der Waals surface area (Å²) < 4.78 is 4.80. The third-order valence-electron chi connectivity index (χ3n) is 3.90. The lowest BCUT2D eigenvalue weighted by molar-refractivity contribution is -0.147. The Hall–Kier alpha value is -1.06. The van der Waals surface area contributed by atoms with Crippen molar-refractivity contribution in [2.45, 2.75) is 32.9 Å². The van der Waals surface area contributed by atoms with Gasteiger partial charge in [0.15, 0.2) is 0 Å². The van der Waals surface area contributed by atoms with Crippen molar-refractivity contribution >= 4 is 17.6 Å². The molecular formula is C15H22ClNO2. The quantitative estimate of drug-likeness (QED) is 0.774. The van der Waals surface area contributed by atoms with Gasteiger partial charge in [-0.2, -0.15) is 0 Å². The molecule has 0 spiro atoms. The topological polar surface area (TPSA) is 29.5 Å². The minimum atomic E-state index is -0.178. The zero-order valence-electron chi connectivity index (χ0n) is 12.2. The molecule has 1 aromatic rings. The van der Waals surface area contributed by atoms with E-state index in [1.165, 1.54) is 12.7 Å². The molecule has 0 aliphatic carbocycles. The van der Waals surface area contributed by atoms with Crippen molar-refractivity contribution in [3.05, 3.63) is 34.9 Å². The number of methoxy groups -OCH3 is 1. The highest BCUT2D eigenvalue weighted by Crippen LogP contribution is 2.25. The summed E-state index contributed by atoms with van der Waals surface area (Å²) in [6.45, 7) is 6.04. The van der Waals surface area contributed by atoms with Crippen LogP contribution in [0, 0.1) is 5.92 Å². The monoisotopic (exact) mass is 283 g/mol. The summed E-state index contributed by atoms with van der Waals surface area (Å²) in [5, 5.41) is 0.731. The van der Waals surface area contributed by atoms with Gasteiger partial charge in [0.05, 0.1) is 13.0 Å². The minimum absolute atomic E-state index is 0.0955. The first-order chi connectivity index (χ1) is 8.88. The van der Waals surface area contributed by atoms with Crippen LogP contribution in [0.4, 0.5) is 0 Å². The molecule has 0 fully saturated rings. The van der Waals surface area contributed by atoms with Crippen LogP contribution in [0.2, 0.25) is 5.02 Å². The van der Waals surface area contributed by atoms with Gasteiger partial charge in [-0.25, -0.2) is 0 Å². The van der Waals surface area contributed by atoms with Gasteiger partial charge in [0.25, 0.3) is 0 Å². The molecule has 0 bridgehead atoms. The van der Waals surface area contributed by atoms with Gasteiger partial charge in [0.1, 0.15) is 0 Å². The number of hydrogen-bond donors (Lipinski definition) is 0. The van der Waals surface area contributed by atoms with E-state index in [4.69, 9.17) is 16.3 Å². The number of halogens is 1. The Labute approximate surface area is 120 Å². The molecular weight excluding hydrogens is 262 g/mol. The molecule has 19 heavy (non-hydrogen) atoms. The van der Waals surface area contributed by atoms with Crippen LogP contribution in [0.5, 0.6) is 0 Å². The van der Waals surface area contributed by atoms with Crippen molar-refractivity contribution < 1.29 is 9.53 Å². The van der Waals surface area contributed by atoms with E-state index in [0.717, 1.165) is 5.02 Å². The third-order valence-corrected chi connectivity index (χ3v) is 4.15. The van der Waals surface area contributed by atoms with Crippen LogP contribution >= 0.6 is 11.6 Å². The number of nitrogens with zero attached hydrogens (tertiary/aromatic N) is 1. The van der Waals surface area contributed by atoms with Crippen LogP contribution in [-0.2, 0) is 9.53 Å². The number of rotatable bonds is 5. The molecule has 0 aromatic heterocycles. The van der Waals surface area contributed by atoms with E-state index in [0.29, 0.717) is 0 Å². The largest absolute Gasteiger partial charge is 0.469 e. The zero-order valence-corrected chi connectivity index (χ0v) is 12.9. The number of esters is 1. The Morgan fingerprint density at radius 2 is 1.74 bits per heavy atom. The van der Waals surface area contributed by atoms with Crippen LogP contribution in [0.25, 0.3) is 0 Å². The van der Waals surface area contributed by atoms with Gasteiger partial charge in [0.2, 0.25) is 0 Å². The second-order valence-electron chi connectivity index (χ2n) is 4.95. The fraction of sp³-hybridized carbons (Fsp3) is 0.533. The van der Waals surface area contributed by atoms with Gasteiger partial charge in [-0.3, -0.25) is 9.69 Å². The molecule has 3 unspecified atom stereocenters.